The van der Waals surface area contributed by atoms with E-state index in [1.165, 1.54) is 12.3 Å². The minimum Gasteiger partial charge on any atom is -0.478 e. The van der Waals surface area contributed by atoms with Crippen molar-refractivity contribution < 1.29 is 38.6 Å². The highest BCUT2D eigenvalue weighted by Gasteiger charge is 2.29. The third kappa shape index (κ3) is 7.16. The number of aromatic carboxylic acids is 1. The lowest BCUT2D eigenvalue weighted by Gasteiger charge is -2.23. The molecule has 0 aliphatic heterocycles. The van der Waals surface area contributed by atoms with Crippen molar-refractivity contribution in [2.24, 2.45) is 5.73 Å². The van der Waals surface area contributed by atoms with Crippen LogP contribution in [-0.2, 0) is 19.1 Å². The number of aromatic nitrogens is 1. The van der Waals surface area contributed by atoms with Gasteiger partial charge < -0.3 is 35.5 Å². The number of fused-ring (bicyclic) bond motifs is 1. The maximum Gasteiger partial charge on any atom is 0.408 e. The first-order valence-electron chi connectivity index (χ1n) is 12.5. The lowest BCUT2D eigenvalue weighted by molar-refractivity contribution is -0.119. The van der Waals surface area contributed by atoms with Gasteiger partial charge in [0.2, 0.25) is 11.8 Å². The van der Waals surface area contributed by atoms with Crippen LogP contribution in [0.2, 0.25) is 0 Å². The molecule has 40 heavy (non-hydrogen) atoms. The quantitative estimate of drug-likeness (QED) is 0.275. The third-order valence-corrected chi connectivity index (χ3v) is 5.66. The minimum atomic E-state index is -1.29. The van der Waals surface area contributed by atoms with Crippen LogP contribution < -0.4 is 16.4 Å². The Morgan fingerprint density at radius 1 is 1.05 bits per heavy atom. The van der Waals surface area contributed by atoms with Crippen LogP contribution in [0, 0.1) is 0 Å². The normalized spacial score (nSPS) is 11.9. The second kappa shape index (κ2) is 12.3. The zero-order valence-corrected chi connectivity index (χ0v) is 22.6. The summed E-state index contributed by atoms with van der Waals surface area (Å²) in [5.41, 5.74) is 5.04. The number of amides is 3. The molecule has 212 valence electrons. The van der Waals surface area contributed by atoms with E-state index in [4.69, 9.17) is 15.2 Å². The summed E-state index contributed by atoms with van der Waals surface area (Å²) in [5.74, 6) is -3.62. The van der Waals surface area contributed by atoms with E-state index in [9.17, 15) is 29.1 Å². The molecule has 0 saturated carbocycles. The molecule has 0 spiro atoms. The summed E-state index contributed by atoms with van der Waals surface area (Å²) in [5, 5.41) is 15.1. The summed E-state index contributed by atoms with van der Waals surface area (Å²) in [4.78, 5) is 62.6. The number of anilines is 1. The number of primary amides is 1. The van der Waals surface area contributed by atoms with Gasteiger partial charge in [-0.2, -0.15) is 0 Å². The number of carbonyl (C=O) groups is 5. The predicted molar refractivity (Wildman–Crippen MR) is 146 cm³/mol. The average Bonchev–Trinajstić information content (AvgIpc) is 3.25. The highest BCUT2D eigenvalue weighted by molar-refractivity contribution is 6.17. The maximum atomic E-state index is 13.3. The van der Waals surface area contributed by atoms with Crippen LogP contribution in [0.25, 0.3) is 16.6 Å². The zero-order valence-electron chi connectivity index (χ0n) is 22.6. The Morgan fingerprint density at radius 2 is 1.73 bits per heavy atom. The van der Waals surface area contributed by atoms with Crippen LogP contribution in [-0.4, -0.2) is 57.8 Å². The number of para-hydroxylation sites is 1. The van der Waals surface area contributed by atoms with Gasteiger partial charge in [-0.05, 0) is 58.4 Å². The Bertz CT molecular complexity index is 1440. The van der Waals surface area contributed by atoms with Gasteiger partial charge >= 0.3 is 18.0 Å². The van der Waals surface area contributed by atoms with E-state index < -0.39 is 41.5 Å². The third-order valence-electron chi connectivity index (χ3n) is 5.66. The summed E-state index contributed by atoms with van der Waals surface area (Å²) in [7, 11) is 0. The first-order chi connectivity index (χ1) is 18.8. The molecule has 0 saturated heterocycles. The molecule has 3 amide bonds. The number of alkyl carbamates (subject to hydrolysis) is 1. The van der Waals surface area contributed by atoms with E-state index in [0.717, 1.165) is 0 Å². The second-order valence-electron chi connectivity index (χ2n) is 9.85. The predicted octanol–water partition coefficient (Wildman–Crippen LogP) is 3.60. The van der Waals surface area contributed by atoms with Gasteiger partial charge in [-0.15, -0.1) is 0 Å². The van der Waals surface area contributed by atoms with Crippen molar-refractivity contribution in [3.8, 4) is 5.69 Å². The standard InChI is InChI=1S/C28H32N4O8/c1-5-39-26(37)23-18(30-24(34)19(12-14-21(29)33)31-27(38)40-28(2,3)4)11-13-20-22(23)17(25(35)36)15-32(20)16-9-7-6-8-10-16/h6-11,13,15,19H,5,12,14H2,1-4H3,(H2,29,33)(H,30,34)(H,31,38)(H,35,36). The van der Waals surface area contributed by atoms with Crippen molar-refractivity contribution in [2.45, 2.75) is 52.2 Å². The minimum absolute atomic E-state index is 0.00809. The number of carbonyl (C=O) groups excluding carboxylic acids is 4. The Kier molecular flexibility index (Phi) is 9.15. The Hall–Kier alpha value is -4.87. The largest absolute Gasteiger partial charge is 0.478 e. The van der Waals surface area contributed by atoms with E-state index in [1.54, 1.807) is 62.6 Å². The highest BCUT2D eigenvalue weighted by Crippen LogP contribution is 2.33. The number of nitrogens with one attached hydrogen (secondary N) is 2. The number of hydrogen-bond acceptors (Lipinski definition) is 7. The van der Waals surface area contributed by atoms with E-state index in [2.05, 4.69) is 10.6 Å². The number of carboxylic acids is 1. The molecule has 5 N–H and O–H groups in total. The van der Waals surface area contributed by atoms with Crippen molar-refractivity contribution in [3.63, 3.8) is 0 Å². The van der Waals surface area contributed by atoms with Crippen molar-refractivity contribution in [3.05, 3.63) is 59.8 Å². The molecule has 2 aromatic carbocycles. The van der Waals surface area contributed by atoms with Gasteiger partial charge in [-0.3, -0.25) is 9.59 Å². The molecule has 0 bridgehead atoms. The first-order valence-corrected chi connectivity index (χ1v) is 12.5. The zero-order chi connectivity index (χ0) is 29.6. The van der Waals surface area contributed by atoms with Gasteiger partial charge in [0, 0.05) is 23.7 Å². The topological polar surface area (TPSA) is 179 Å². The summed E-state index contributed by atoms with van der Waals surface area (Å²) in [6.45, 7) is 6.52. The molecule has 12 nitrogen and oxygen atoms in total. The van der Waals surface area contributed by atoms with E-state index >= 15 is 0 Å². The van der Waals surface area contributed by atoms with Crippen LogP contribution in [0.5, 0.6) is 0 Å². The number of benzene rings is 2. The molecule has 1 aromatic heterocycles. The number of esters is 1. The van der Waals surface area contributed by atoms with Crippen LogP contribution in [0.3, 0.4) is 0 Å². The molecule has 0 fully saturated rings. The molecule has 0 aliphatic rings. The highest BCUT2D eigenvalue weighted by atomic mass is 16.6. The number of nitrogens with two attached hydrogens (primary N) is 1. The molecular weight excluding hydrogens is 520 g/mol. The monoisotopic (exact) mass is 552 g/mol. The van der Waals surface area contributed by atoms with Gasteiger partial charge in [-0.1, -0.05) is 18.2 Å². The SMILES string of the molecule is CCOC(=O)c1c(NC(=O)C(CCC(N)=O)NC(=O)OC(C)(C)C)ccc2c1c(C(=O)O)cn2-c1ccccc1. The van der Waals surface area contributed by atoms with Gasteiger partial charge in [0.05, 0.1) is 28.9 Å². The lowest BCUT2D eigenvalue weighted by atomic mass is 10.0. The van der Waals surface area contributed by atoms with Crippen molar-refractivity contribution >= 4 is 46.4 Å². The summed E-state index contributed by atoms with van der Waals surface area (Å²) < 4.78 is 12.1. The summed E-state index contributed by atoms with van der Waals surface area (Å²) in [6, 6.07) is 10.7. The molecule has 3 aromatic rings. The van der Waals surface area contributed by atoms with Crippen LogP contribution in [0.4, 0.5) is 10.5 Å². The number of nitrogens with zero attached hydrogens (tertiary/aromatic N) is 1. The Balaban J connectivity index is 2.11. The molecular formula is C28H32N4O8. The van der Waals surface area contributed by atoms with Gasteiger partial charge in [0.25, 0.3) is 0 Å². The molecule has 1 atom stereocenters. The fraction of sp³-hybridized carbons (Fsp3) is 0.321. The van der Waals surface area contributed by atoms with Crippen molar-refractivity contribution in [1.82, 2.24) is 9.88 Å². The number of rotatable bonds is 10. The van der Waals surface area contributed by atoms with Crippen LogP contribution in [0.1, 0.15) is 61.3 Å². The molecule has 1 unspecified atom stereocenters. The molecule has 3 rings (SSSR count). The van der Waals surface area contributed by atoms with E-state index in [1.807, 2.05) is 6.07 Å². The molecule has 0 aliphatic carbocycles. The van der Waals surface area contributed by atoms with Crippen LogP contribution in [0.15, 0.2) is 48.7 Å². The number of hydrogen-bond donors (Lipinski definition) is 4. The summed E-state index contributed by atoms with van der Waals surface area (Å²) in [6.07, 6.45) is 0.116. The van der Waals surface area contributed by atoms with Crippen molar-refractivity contribution in [2.75, 3.05) is 11.9 Å². The molecule has 1 heterocycles. The van der Waals surface area contributed by atoms with E-state index in [-0.39, 0.29) is 41.6 Å². The van der Waals surface area contributed by atoms with E-state index in [0.29, 0.717) is 11.2 Å². The second-order valence-corrected chi connectivity index (χ2v) is 9.85. The number of ether oxygens (including phenoxy) is 2. The fourth-order valence-electron chi connectivity index (χ4n) is 4.04. The summed E-state index contributed by atoms with van der Waals surface area (Å²) >= 11 is 0. The average molecular weight is 553 g/mol. The van der Waals surface area contributed by atoms with Crippen molar-refractivity contribution in [1.29, 1.82) is 0 Å². The molecule has 0 radical (unpaired) electrons. The maximum absolute atomic E-state index is 13.3. The fourth-order valence-corrected chi connectivity index (χ4v) is 4.04. The van der Waals surface area contributed by atoms with Gasteiger partial charge in [-0.25, -0.2) is 14.4 Å². The first kappa shape index (κ1) is 29.7. The Morgan fingerprint density at radius 3 is 2.30 bits per heavy atom. The number of carboxylic acid groups (broad SMARTS) is 1. The van der Waals surface area contributed by atoms with Gasteiger partial charge in [0.15, 0.2) is 0 Å². The molecule has 12 heteroatoms. The van der Waals surface area contributed by atoms with Gasteiger partial charge in [0.1, 0.15) is 11.6 Å². The Labute approximate surface area is 230 Å². The smallest absolute Gasteiger partial charge is 0.408 e. The lowest BCUT2D eigenvalue weighted by Crippen LogP contribution is -2.46. The van der Waals surface area contributed by atoms with Crippen LogP contribution >= 0.6 is 0 Å².